The fourth-order valence-electron chi connectivity index (χ4n) is 3.67. The van der Waals surface area contributed by atoms with Gasteiger partial charge in [0.2, 0.25) is 0 Å². The third kappa shape index (κ3) is 3.50. The maximum atomic E-state index is 6.60. The van der Waals surface area contributed by atoms with Gasteiger partial charge in [-0.05, 0) is 77.1 Å². The van der Waals surface area contributed by atoms with Crippen LogP contribution in [0, 0.1) is 20.8 Å². The highest BCUT2D eigenvalue weighted by atomic mass is 14.6. The zero-order valence-electron chi connectivity index (χ0n) is 16.9. The van der Waals surface area contributed by atoms with Crippen LogP contribution in [0.2, 0.25) is 0 Å². The minimum Gasteiger partial charge on any atom is -0.398 e. The van der Waals surface area contributed by atoms with Gasteiger partial charge in [0.25, 0.3) is 0 Å². The minimum atomic E-state index is 0.0204. The van der Waals surface area contributed by atoms with Gasteiger partial charge in [-0.3, -0.25) is 0 Å². The molecule has 0 bridgehead atoms. The SMILES string of the molecule is Cc1cc(C)c(-c2cc(C(C)(C)C)c(N)c(C(C)(C)C)c2)c(C)c1. The molecular formula is C23H33N. The number of nitrogen functional groups attached to an aromatic ring is 1. The van der Waals surface area contributed by atoms with Crippen LogP contribution in [0.3, 0.4) is 0 Å². The van der Waals surface area contributed by atoms with Crippen LogP contribution in [0.25, 0.3) is 11.1 Å². The smallest absolute Gasteiger partial charge is 0.0390 e. The van der Waals surface area contributed by atoms with E-state index in [1.165, 1.54) is 38.9 Å². The first kappa shape index (κ1) is 18.6. The van der Waals surface area contributed by atoms with Crippen molar-refractivity contribution in [2.24, 2.45) is 0 Å². The summed E-state index contributed by atoms with van der Waals surface area (Å²) < 4.78 is 0. The summed E-state index contributed by atoms with van der Waals surface area (Å²) in [6.45, 7) is 20.0. The molecule has 0 unspecified atom stereocenters. The number of rotatable bonds is 1. The van der Waals surface area contributed by atoms with E-state index in [0.29, 0.717) is 0 Å². The van der Waals surface area contributed by atoms with Gasteiger partial charge in [-0.1, -0.05) is 59.2 Å². The second-order valence-electron chi connectivity index (χ2n) is 9.26. The first-order valence-corrected chi connectivity index (χ1v) is 8.85. The Bertz CT molecular complexity index is 710. The van der Waals surface area contributed by atoms with Crippen LogP contribution in [0.15, 0.2) is 24.3 Å². The number of nitrogens with two attached hydrogens (primary N) is 1. The second-order valence-corrected chi connectivity index (χ2v) is 9.26. The molecule has 0 aromatic heterocycles. The lowest BCUT2D eigenvalue weighted by molar-refractivity contribution is 0.573. The molecule has 1 heteroatoms. The lowest BCUT2D eigenvalue weighted by atomic mass is 9.76. The predicted octanol–water partition coefficient (Wildman–Crippen LogP) is 6.46. The molecule has 0 spiro atoms. The predicted molar refractivity (Wildman–Crippen MR) is 108 cm³/mol. The van der Waals surface area contributed by atoms with E-state index in [0.717, 1.165) is 5.69 Å². The van der Waals surface area contributed by atoms with E-state index >= 15 is 0 Å². The van der Waals surface area contributed by atoms with Crippen LogP contribution in [0.5, 0.6) is 0 Å². The van der Waals surface area contributed by atoms with Crippen LogP contribution < -0.4 is 5.73 Å². The van der Waals surface area contributed by atoms with Gasteiger partial charge in [0.05, 0.1) is 0 Å². The average Bonchev–Trinajstić information content (AvgIpc) is 2.36. The first-order chi connectivity index (χ1) is 10.8. The summed E-state index contributed by atoms with van der Waals surface area (Å²) in [5.74, 6) is 0. The Hall–Kier alpha value is -1.76. The molecule has 0 saturated carbocycles. The topological polar surface area (TPSA) is 26.0 Å². The number of hydrogen-bond acceptors (Lipinski definition) is 1. The van der Waals surface area contributed by atoms with Crippen molar-refractivity contribution in [3.05, 3.63) is 52.1 Å². The van der Waals surface area contributed by atoms with Gasteiger partial charge in [0, 0.05) is 5.69 Å². The van der Waals surface area contributed by atoms with Crippen LogP contribution in [-0.2, 0) is 10.8 Å². The van der Waals surface area contributed by atoms with Crippen molar-refractivity contribution >= 4 is 5.69 Å². The van der Waals surface area contributed by atoms with Crippen LogP contribution >= 0.6 is 0 Å². The highest BCUT2D eigenvalue weighted by Gasteiger charge is 2.26. The van der Waals surface area contributed by atoms with E-state index < -0.39 is 0 Å². The van der Waals surface area contributed by atoms with Crippen LogP contribution in [0.4, 0.5) is 5.69 Å². The molecule has 0 amide bonds. The van der Waals surface area contributed by atoms with Crippen molar-refractivity contribution in [1.82, 2.24) is 0 Å². The Balaban J connectivity index is 2.87. The number of aryl methyl sites for hydroxylation is 3. The van der Waals surface area contributed by atoms with Gasteiger partial charge >= 0.3 is 0 Å². The summed E-state index contributed by atoms with van der Waals surface area (Å²) in [6, 6.07) is 9.14. The number of benzene rings is 2. The van der Waals surface area contributed by atoms with Crippen molar-refractivity contribution in [3.8, 4) is 11.1 Å². The normalized spacial score (nSPS) is 12.5. The van der Waals surface area contributed by atoms with E-state index in [4.69, 9.17) is 5.73 Å². The van der Waals surface area contributed by atoms with Crippen LogP contribution in [-0.4, -0.2) is 0 Å². The monoisotopic (exact) mass is 323 g/mol. The highest BCUT2D eigenvalue weighted by molar-refractivity contribution is 5.77. The van der Waals surface area contributed by atoms with Crippen molar-refractivity contribution < 1.29 is 0 Å². The number of hydrogen-bond donors (Lipinski definition) is 1. The summed E-state index contributed by atoms with van der Waals surface area (Å²) in [5, 5.41) is 0. The third-order valence-corrected chi connectivity index (χ3v) is 4.76. The fraction of sp³-hybridized carbons (Fsp3) is 0.478. The maximum absolute atomic E-state index is 6.60. The third-order valence-electron chi connectivity index (χ3n) is 4.76. The van der Waals surface area contributed by atoms with Gasteiger partial charge in [-0.2, -0.15) is 0 Å². The molecule has 2 aromatic carbocycles. The summed E-state index contributed by atoms with van der Waals surface area (Å²) in [5.41, 5.74) is 16.7. The molecule has 0 aliphatic carbocycles. The van der Waals surface area contributed by atoms with Crippen molar-refractivity contribution in [1.29, 1.82) is 0 Å². The van der Waals surface area contributed by atoms with Gasteiger partial charge < -0.3 is 5.73 Å². The minimum absolute atomic E-state index is 0.0204. The molecule has 0 aliphatic rings. The van der Waals surface area contributed by atoms with Gasteiger partial charge in [0.15, 0.2) is 0 Å². The molecule has 0 saturated heterocycles. The molecule has 0 radical (unpaired) electrons. The summed E-state index contributed by atoms with van der Waals surface area (Å²) >= 11 is 0. The average molecular weight is 324 g/mol. The highest BCUT2D eigenvalue weighted by Crippen LogP contribution is 2.41. The molecule has 2 rings (SSSR count). The Morgan fingerprint density at radius 3 is 1.38 bits per heavy atom. The van der Waals surface area contributed by atoms with Gasteiger partial charge in [-0.15, -0.1) is 0 Å². The molecule has 2 aromatic rings. The maximum Gasteiger partial charge on any atom is 0.0390 e. The zero-order valence-corrected chi connectivity index (χ0v) is 16.9. The molecule has 1 nitrogen and oxygen atoms in total. The van der Waals surface area contributed by atoms with Crippen molar-refractivity contribution in [3.63, 3.8) is 0 Å². The second kappa shape index (κ2) is 5.95. The van der Waals surface area contributed by atoms with E-state index in [2.05, 4.69) is 86.6 Å². The molecule has 24 heavy (non-hydrogen) atoms. The van der Waals surface area contributed by atoms with Crippen molar-refractivity contribution in [2.45, 2.75) is 73.1 Å². The largest absolute Gasteiger partial charge is 0.398 e. The molecular weight excluding hydrogens is 290 g/mol. The standard InChI is InChI=1S/C23H33N/c1-14-10-15(2)20(16(3)11-14)17-12-18(22(4,5)6)21(24)19(13-17)23(7,8)9/h10-13H,24H2,1-9H3. The molecule has 0 atom stereocenters. The van der Waals surface area contributed by atoms with E-state index in [1.54, 1.807) is 0 Å². The zero-order chi connectivity index (χ0) is 18.4. The first-order valence-electron chi connectivity index (χ1n) is 8.85. The summed E-state index contributed by atoms with van der Waals surface area (Å²) in [7, 11) is 0. The van der Waals surface area contributed by atoms with Gasteiger partial charge in [-0.25, -0.2) is 0 Å². The molecule has 2 N–H and O–H groups in total. The van der Waals surface area contributed by atoms with Gasteiger partial charge in [0.1, 0.15) is 0 Å². The molecule has 0 aliphatic heterocycles. The lowest BCUT2D eigenvalue weighted by Gasteiger charge is -2.30. The van der Waals surface area contributed by atoms with Crippen LogP contribution in [0.1, 0.15) is 69.4 Å². The molecule has 0 fully saturated rings. The Morgan fingerprint density at radius 1 is 0.667 bits per heavy atom. The molecule has 0 heterocycles. The fourth-order valence-corrected chi connectivity index (χ4v) is 3.67. The summed E-state index contributed by atoms with van der Waals surface area (Å²) in [6.07, 6.45) is 0. The summed E-state index contributed by atoms with van der Waals surface area (Å²) in [4.78, 5) is 0. The molecule has 130 valence electrons. The Kier molecular flexibility index (Phi) is 4.61. The lowest BCUT2D eigenvalue weighted by Crippen LogP contribution is -2.20. The number of anilines is 1. The van der Waals surface area contributed by atoms with E-state index in [-0.39, 0.29) is 10.8 Å². The quantitative estimate of drug-likeness (QED) is 0.599. The Labute approximate surface area is 148 Å². The Morgan fingerprint density at radius 2 is 1.04 bits per heavy atom. The van der Waals surface area contributed by atoms with E-state index in [9.17, 15) is 0 Å². The van der Waals surface area contributed by atoms with E-state index in [1.807, 2.05) is 0 Å². The van der Waals surface area contributed by atoms with Crippen molar-refractivity contribution in [2.75, 3.05) is 5.73 Å².